The number of nitrogens with one attached hydrogen (secondary N) is 1. The molecular weight excluding hydrogens is 276 g/mol. The fraction of sp³-hybridized carbons (Fsp3) is 0.611. The van der Waals surface area contributed by atoms with Crippen LogP contribution in [-0.4, -0.2) is 35.2 Å². The van der Waals surface area contributed by atoms with E-state index in [2.05, 4.69) is 50.4 Å². The molecule has 0 saturated carbocycles. The van der Waals surface area contributed by atoms with E-state index in [-0.39, 0.29) is 16.9 Å². The summed E-state index contributed by atoms with van der Waals surface area (Å²) >= 11 is 0. The zero-order chi connectivity index (χ0) is 16.0. The first-order valence-corrected chi connectivity index (χ1v) is 8.12. The van der Waals surface area contributed by atoms with Gasteiger partial charge in [-0.25, -0.2) is 4.79 Å². The highest BCUT2D eigenvalue weighted by Gasteiger charge is 2.46. The summed E-state index contributed by atoms with van der Waals surface area (Å²) in [5.41, 5.74) is 2.74. The number of fused-ring (bicyclic) bond motifs is 1. The van der Waals surface area contributed by atoms with Gasteiger partial charge in [0.15, 0.2) is 0 Å². The number of anilines is 1. The van der Waals surface area contributed by atoms with Crippen molar-refractivity contribution in [2.45, 2.75) is 46.1 Å². The smallest absolute Gasteiger partial charge is 0.407 e. The van der Waals surface area contributed by atoms with Crippen LogP contribution in [0.5, 0.6) is 0 Å². The number of piperidine rings is 1. The van der Waals surface area contributed by atoms with Gasteiger partial charge in [0.1, 0.15) is 0 Å². The molecule has 4 heteroatoms. The van der Waals surface area contributed by atoms with Crippen LogP contribution in [0.1, 0.15) is 39.2 Å². The number of rotatable bonds is 0. The van der Waals surface area contributed by atoms with E-state index in [1.54, 1.807) is 4.90 Å². The third-order valence-electron chi connectivity index (χ3n) is 5.37. The number of amides is 1. The van der Waals surface area contributed by atoms with Crippen LogP contribution >= 0.6 is 0 Å². The van der Waals surface area contributed by atoms with Crippen molar-refractivity contribution < 1.29 is 9.90 Å². The number of likely N-dealkylation sites (tertiary alicyclic amines) is 1. The van der Waals surface area contributed by atoms with Gasteiger partial charge in [0.2, 0.25) is 0 Å². The Morgan fingerprint density at radius 3 is 2.77 bits per heavy atom. The van der Waals surface area contributed by atoms with Gasteiger partial charge in [-0.2, -0.15) is 0 Å². The molecule has 1 aromatic rings. The first-order chi connectivity index (χ1) is 10.3. The molecule has 0 radical (unpaired) electrons. The van der Waals surface area contributed by atoms with E-state index in [0.29, 0.717) is 6.54 Å². The normalized spacial score (nSPS) is 28.1. The predicted octanol–water partition coefficient (Wildman–Crippen LogP) is 3.83. The predicted molar refractivity (Wildman–Crippen MR) is 88.3 cm³/mol. The molecule has 1 fully saturated rings. The Morgan fingerprint density at radius 2 is 2.09 bits per heavy atom. The van der Waals surface area contributed by atoms with Crippen LogP contribution < -0.4 is 5.32 Å². The van der Waals surface area contributed by atoms with Crippen molar-refractivity contribution in [3.05, 3.63) is 29.8 Å². The zero-order valence-electron chi connectivity index (χ0n) is 13.7. The van der Waals surface area contributed by atoms with Gasteiger partial charge in [-0.15, -0.1) is 0 Å². The summed E-state index contributed by atoms with van der Waals surface area (Å²) in [6, 6.07) is 8.56. The van der Waals surface area contributed by atoms with Gasteiger partial charge in [0.25, 0.3) is 0 Å². The number of benzene rings is 1. The first kappa shape index (κ1) is 15.2. The Balaban J connectivity index is 1.87. The average molecular weight is 302 g/mol. The lowest BCUT2D eigenvalue weighted by atomic mass is 9.65. The molecule has 2 aliphatic heterocycles. The molecule has 4 nitrogen and oxygen atoms in total. The number of hydrogen-bond acceptors (Lipinski definition) is 2. The maximum atomic E-state index is 11.6. The second kappa shape index (κ2) is 5.18. The molecular formula is C18H26N2O2. The summed E-state index contributed by atoms with van der Waals surface area (Å²) in [5, 5.41) is 13.1. The Bertz CT molecular complexity index is 579. The second-order valence-corrected chi connectivity index (χ2v) is 8.00. The van der Waals surface area contributed by atoms with E-state index in [0.717, 1.165) is 25.8 Å². The molecule has 3 rings (SSSR count). The second-order valence-electron chi connectivity index (χ2n) is 8.00. The van der Waals surface area contributed by atoms with Crippen LogP contribution in [0.25, 0.3) is 0 Å². The Labute approximate surface area is 132 Å². The van der Waals surface area contributed by atoms with Crippen LogP contribution in [0, 0.1) is 10.8 Å². The van der Waals surface area contributed by atoms with Gasteiger partial charge in [-0.05, 0) is 41.7 Å². The van der Waals surface area contributed by atoms with Gasteiger partial charge in [0, 0.05) is 24.8 Å². The number of hydrogen-bond donors (Lipinski definition) is 2. The molecule has 1 saturated heterocycles. The van der Waals surface area contributed by atoms with Gasteiger partial charge in [-0.1, -0.05) is 39.0 Å². The molecule has 1 amide bonds. The minimum Gasteiger partial charge on any atom is -0.465 e. The minimum atomic E-state index is -0.779. The van der Waals surface area contributed by atoms with E-state index in [4.69, 9.17) is 0 Å². The maximum absolute atomic E-state index is 11.6. The lowest BCUT2D eigenvalue weighted by Crippen LogP contribution is -2.57. The quantitative estimate of drug-likeness (QED) is 0.766. The summed E-state index contributed by atoms with van der Waals surface area (Å²) in [6.07, 6.45) is 2.15. The third-order valence-corrected chi connectivity index (χ3v) is 5.37. The fourth-order valence-electron chi connectivity index (χ4n) is 4.06. The lowest BCUT2D eigenvalue weighted by molar-refractivity contribution is 0.00725. The molecule has 2 aliphatic rings. The lowest BCUT2D eigenvalue weighted by Gasteiger charge is -2.51. The van der Waals surface area contributed by atoms with E-state index < -0.39 is 6.09 Å². The fourth-order valence-corrected chi connectivity index (χ4v) is 4.06. The van der Waals surface area contributed by atoms with E-state index in [9.17, 15) is 9.90 Å². The highest BCUT2D eigenvalue weighted by molar-refractivity contribution is 5.66. The largest absolute Gasteiger partial charge is 0.465 e. The molecule has 1 aromatic carbocycles. The Morgan fingerprint density at radius 1 is 1.36 bits per heavy atom. The SMILES string of the molecule is CC(C)(C)C1CC2(CCN1C(=O)O)CNc1ccccc1C2. The van der Waals surface area contributed by atoms with Gasteiger partial charge >= 0.3 is 6.09 Å². The molecule has 2 heterocycles. The molecule has 1 spiro atoms. The summed E-state index contributed by atoms with van der Waals surface area (Å²) in [6.45, 7) is 8.04. The Kier molecular flexibility index (Phi) is 3.58. The molecule has 2 atom stereocenters. The molecule has 120 valence electrons. The van der Waals surface area contributed by atoms with Crippen LogP contribution in [0.2, 0.25) is 0 Å². The standard InChI is InChI=1S/C18H26N2O2/c1-17(2,3)15-11-18(8-9-20(15)16(21)22)10-13-6-4-5-7-14(13)19-12-18/h4-7,15,19H,8-12H2,1-3H3,(H,21,22). The highest BCUT2D eigenvalue weighted by atomic mass is 16.4. The topological polar surface area (TPSA) is 52.6 Å². The number of carbonyl (C=O) groups is 1. The van der Waals surface area contributed by atoms with Crippen LogP contribution in [0.15, 0.2) is 24.3 Å². The molecule has 0 bridgehead atoms. The molecule has 22 heavy (non-hydrogen) atoms. The van der Waals surface area contributed by atoms with Crippen molar-refractivity contribution in [2.24, 2.45) is 10.8 Å². The van der Waals surface area contributed by atoms with Crippen molar-refractivity contribution in [1.29, 1.82) is 0 Å². The van der Waals surface area contributed by atoms with E-state index >= 15 is 0 Å². The van der Waals surface area contributed by atoms with Crippen LogP contribution in [-0.2, 0) is 6.42 Å². The third kappa shape index (κ3) is 2.67. The van der Waals surface area contributed by atoms with Crippen molar-refractivity contribution in [1.82, 2.24) is 4.90 Å². The van der Waals surface area contributed by atoms with Gasteiger partial charge in [0.05, 0.1) is 0 Å². The molecule has 0 aliphatic carbocycles. The van der Waals surface area contributed by atoms with E-state index in [1.165, 1.54) is 11.3 Å². The average Bonchev–Trinajstić information content (AvgIpc) is 2.46. The van der Waals surface area contributed by atoms with Crippen molar-refractivity contribution in [3.63, 3.8) is 0 Å². The first-order valence-electron chi connectivity index (χ1n) is 8.12. The minimum absolute atomic E-state index is 0.0389. The Hall–Kier alpha value is -1.71. The zero-order valence-corrected chi connectivity index (χ0v) is 13.7. The number of para-hydroxylation sites is 1. The maximum Gasteiger partial charge on any atom is 0.407 e. The summed E-state index contributed by atoms with van der Waals surface area (Å²) < 4.78 is 0. The molecule has 2 N–H and O–H groups in total. The summed E-state index contributed by atoms with van der Waals surface area (Å²) in [4.78, 5) is 13.2. The number of carboxylic acid groups (broad SMARTS) is 1. The van der Waals surface area contributed by atoms with Gasteiger partial charge < -0.3 is 15.3 Å². The van der Waals surface area contributed by atoms with Crippen molar-refractivity contribution in [2.75, 3.05) is 18.4 Å². The van der Waals surface area contributed by atoms with Crippen LogP contribution in [0.4, 0.5) is 10.5 Å². The molecule has 0 aromatic heterocycles. The van der Waals surface area contributed by atoms with Crippen molar-refractivity contribution in [3.8, 4) is 0 Å². The number of nitrogens with zero attached hydrogens (tertiary/aromatic N) is 1. The monoisotopic (exact) mass is 302 g/mol. The van der Waals surface area contributed by atoms with E-state index in [1.807, 2.05) is 0 Å². The van der Waals surface area contributed by atoms with Crippen LogP contribution in [0.3, 0.4) is 0 Å². The van der Waals surface area contributed by atoms with Gasteiger partial charge in [-0.3, -0.25) is 0 Å². The summed E-state index contributed by atoms with van der Waals surface area (Å²) in [7, 11) is 0. The van der Waals surface area contributed by atoms with Crippen molar-refractivity contribution >= 4 is 11.8 Å². The molecule has 2 unspecified atom stereocenters. The summed E-state index contributed by atoms with van der Waals surface area (Å²) in [5.74, 6) is 0. The highest BCUT2D eigenvalue weighted by Crippen LogP contribution is 2.46.